The van der Waals surface area contributed by atoms with Gasteiger partial charge in [-0.1, -0.05) is 36.4 Å². The van der Waals surface area contributed by atoms with E-state index in [1.165, 1.54) is 23.7 Å². The molecule has 154 valence electrons. The summed E-state index contributed by atoms with van der Waals surface area (Å²) in [6, 6.07) is 20.0. The quantitative estimate of drug-likeness (QED) is 0.253. The second-order valence-electron chi connectivity index (χ2n) is 5.92. The second-order valence-corrected chi connectivity index (χ2v) is 6.83. The van der Waals surface area contributed by atoms with Crippen LogP contribution in [0.5, 0.6) is 0 Å². The molecule has 0 N–H and O–H groups in total. The first-order chi connectivity index (χ1) is 13.7. The minimum absolute atomic E-state index is 0. The third-order valence-corrected chi connectivity index (χ3v) is 4.96. The van der Waals surface area contributed by atoms with Crippen LogP contribution in [0.4, 0.5) is 5.69 Å². The van der Waals surface area contributed by atoms with E-state index in [0.29, 0.717) is 11.3 Å². The van der Waals surface area contributed by atoms with Crippen molar-refractivity contribution in [3.8, 4) is 17.1 Å². The van der Waals surface area contributed by atoms with Crippen molar-refractivity contribution >= 4 is 51.2 Å². The Kier molecular flexibility index (Phi) is 8.58. The number of nitro groups is 1. The topological polar surface area (TPSA) is 86.2 Å². The average molecular weight is 551 g/mol. The summed E-state index contributed by atoms with van der Waals surface area (Å²) in [5.74, 6) is 0.740. The first-order valence-electron chi connectivity index (χ1n) is 8.51. The number of rotatable bonds is 5. The predicted molar refractivity (Wildman–Crippen MR) is 128 cm³/mol. The number of nitro benzene ring substituents is 1. The van der Waals surface area contributed by atoms with Crippen LogP contribution in [0.2, 0.25) is 0 Å². The van der Waals surface area contributed by atoms with E-state index in [4.69, 9.17) is 0 Å². The van der Waals surface area contributed by atoms with Gasteiger partial charge >= 0.3 is 0 Å². The van der Waals surface area contributed by atoms with Crippen LogP contribution < -0.4 is 4.80 Å². The number of non-ortho nitro benzene ring substituents is 1. The monoisotopic (exact) mass is 549 g/mol. The van der Waals surface area contributed by atoms with E-state index in [-0.39, 0.29) is 39.7 Å². The molecule has 0 saturated heterocycles. The first kappa shape index (κ1) is 23.6. The van der Waals surface area contributed by atoms with Gasteiger partial charge in [0.15, 0.2) is 5.82 Å². The smallest absolute Gasteiger partial charge is 0.264 e. The van der Waals surface area contributed by atoms with Crippen molar-refractivity contribution in [3.05, 3.63) is 99.6 Å². The normalized spacial score (nSPS) is 10.7. The fourth-order valence-corrected chi connectivity index (χ4v) is 3.52. The molecule has 0 radical (unpaired) electrons. The van der Waals surface area contributed by atoms with E-state index in [1.807, 2.05) is 46.4 Å². The lowest BCUT2D eigenvalue weighted by molar-refractivity contribution is -0.384. The zero-order valence-electron chi connectivity index (χ0n) is 15.5. The summed E-state index contributed by atoms with van der Waals surface area (Å²) in [4.78, 5) is 24.5. The minimum Gasteiger partial charge on any atom is -0.264 e. The number of hydrogen-bond donors (Lipinski definition) is 0. The molecule has 7 nitrogen and oxygen atoms in total. The maximum Gasteiger partial charge on any atom is 0.269 e. The van der Waals surface area contributed by atoms with E-state index in [0.717, 1.165) is 22.6 Å². The Morgan fingerprint density at radius 2 is 1.73 bits per heavy atom. The summed E-state index contributed by atoms with van der Waals surface area (Å²) in [6.07, 6.45) is 3.50. The van der Waals surface area contributed by atoms with Crippen LogP contribution in [-0.4, -0.2) is 18.8 Å². The molecule has 0 saturated carbocycles. The Morgan fingerprint density at radius 1 is 1.00 bits per heavy atom. The van der Waals surface area contributed by atoms with Crippen LogP contribution in [0.15, 0.2) is 84.1 Å². The van der Waals surface area contributed by atoms with E-state index in [1.54, 1.807) is 24.5 Å². The van der Waals surface area contributed by atoms with Crippen LogP contribution in [0, 0.1) is 10.1 Å². The lowest BCUT2D eigenvalue weighted by atomic mass is 10.2. The van der Waals surface area contributed by atoms with Gasteiger partial charge in [-0.25, -0.2) is 3.96 Å². The molecule has 0 aliphatic heterocycles. The van der Waals surface area contributed by atoms with Crippen LogP contribution >= 0.6 is 45.5 Å². The Hall–Kier alpha value is -2.69. The van der Waals surface area contributed by atoms with Gasteiger partial charge in [0.2, 0.25) is 4.80 Å². The van der Waals surface area contributed by atoms with Crippen molar-refractivity contribution in [2.75, 3.05) is 0 Å². The van der Waals surface area contributed by atoms with Crippen LogP contribution in [0.3, 0.4) is 0 Å². The van der Waals surface area contributed by atoms with E-state index < -0.39 is 4.92 Å². The van der Waals surface area contributed by atoms with Crippen LogP contribution in [0.25, 0.3) is 17.1 Å². The minimum atomic E-state index is -0.409. The SMILES string of the molecule is Br.Br.O=[N+]([O-])c1ccc(-n2s/c(=N\Cc3cccnc3)nc2-c2ccccc2)cc1. The molecule has 0 aliphatic carbocycles. The number of benzene rings is 2. The Balaban J connectivity index is 0.00000160. The number of halogens is 2. The highest BCUT2D eigenvalue weighted by molar-refractivity contribution is 8.93. The Labute approximate surface area is 197 Å². The lowest BCUT2D eigenvalue weighted by Gasteiger charge is -2.06. The molecule has 4 rings (SSSR count). The highest BCUT2D eigenvalue weighted by atomic mass is 79.9. The molecular formula is C20H17Br2N5O2S. The standard InChI is InChI=1S/C20H15N5O2S.2BrH/c26-25(27)18-10-8-17(9-11-18)24-19(16-6-2-1-3-7-16)23-20(28-24)22-14-15-5-4-12-21-13-15;;/h1-13H,14H2;2*1H/b22-20-;;. The largest absolute Gasteiger partial charge is 0.269 e. The van der Waals surface area contributed by atoms with Gasteiger partial charge in [-0.05, 0) is 35.3 Å². The zero-order chi connectivity index (χ0) is 19.3. The summed E-state index contributed by atoms with van der Waals surface area (Å²) in [6.45, 7) is 0.482. The summed E-state index contributed by atoms with van der Waals surface area (Å²) in [5, 5.41) is 10.9. The maximum atomic E-state index is 10.9. The predicted octanol–water partition coefficient (Wildman–Crippen LogP) is 5.16. The zero-order valence-corrected chi connectivity index (χ0v) is 19.7. The van der Waals surface area contributed by atoms with Crippen LogP contribution in [-0.2, 0) is 6.54 Å². The summed E-state index contributed by atoms with van der Waals surface area (Å²) in [7, 11) is 0. The summed E-state index contributed by atoms with van der Waals surface area (Å²) in [5.41, 5.74) is 2.79. The molecule has 30 heavy (non-hydrogen) atoms. The lowest BCUT2D eigenvalue weighted by Crippen LogP contribution is -1.99. The molecule has 2 aromatic heterocycles. The molecule has 0 unspecified atom stereocenters. The Morgan fingerprint density at radius 3 is 2.37 bits per heavy atom. The highest BCUT2D eigenvalue weighted by Gasteiger charge is 2.12. The number of hydrogen-bond acceptors (Lipinski definition) is 6. The number of nitrogens with zero attached hydrogens (tertiary/aromatic N) is 5. The molecule has 0 bridgehead atoms. The third-order valence-electron chi connectivity index (χ3n) is 4.01. The van der Waals surface area contributed by atoms with Crippen molar-refractivity contribution in [1.82, 2.24) is 13.9 Å². The van der Waals surface area contributed by atoms with Gasteiger partial charge in [0.25, 0.3) is 5.69 Å². The van der Waals surface area contributed by atoms with E-state index >= 15 is 0 Å². The van der Waals surface area contributed by atoms with Gasteiger partial charge in [0.05, 0.1) is 17.2 Å². The van der Waals surface area contributed by atoms with Crippen molar-refractivity contribution in [3.63, 3.8) is 0 Å². The fraction of sp³-hybridized carbons (Fsp3) is 0.0500. The van der Waals surface area contributed by atoms with Gasteiger partial charge in [-0.2, -0.15) is 4.98 Å². The molecule has 2 heterocycles. The van der Waals surface area contributed by atoms with Crippen molar-refractivity contribution in [1.29, 1.82) is 0 Å². The van der Waals surface area contributed by atoms with Crippen molar-refractivity contribution in [2.45, 2.75) is 6.54 Å². The molecule has 0 aliphatic rings. The van der Waals surface area contributed by atoms with E-state index in [9.17, 15) is 10.1 Å². The average Bonchev–Trinajstić information content (AvgIpc) is 3.18. The second kappa shape index (κ2) is 10.9. The van der Waals surface area contributed by atoms with Crippen molar-refractivity contribution < 1.29 is 4.92 Å². The molecule has 4 aromatic rings. The maximum absolute atomic E-state index is 10.9. The summed E-state index contributed by atoms with van der Waals surface area (Å²) < 4.78 is 1.93. The first-order valence-corrected chi connectivity index (χ1v) is 9.28. The Bertz CT molecular complexity index is 1160. The van der Waals surface area contributed by atoms with Gasteiger partial charge in [0, 0.05) is 30.1 Å². The van der Waals surface area contributed by atoms with Gasteiger partial charge in [-0.15, -0.1) is 34.0 Å². The van der Waals surface area contributed by atoms with E-state index in [2.05, 4.69) is 15.0 Å². The van der Waals surface area contributed by atoms with Gasteiger partial charge < -0.3 is 0 Å². The molecule has 10 heteroatoms. The highest BCUT2D eigenvalue weighted by Crippen LogP contribution is 2.23. The fourth-order valence-electron chi connectivity index (χ4n) is 2.65. The number of aromatic nitrogens is 3. The van der Waals surface area contributed by atoms with Gasteiger partial charge in [-0.3, -0.25) is 20.1 Å². The molecular weight excluding hydrogens is 534 g/mol. The molecule has 0 fully saturated rings. The summed E-state index contributed by atoms with van der Waals surface area (Å²) >= 11 is 1.39. The van der Waals surface area contributed by atoms with Crippen molar-refractivity contribution in [2.24, 2.45) is 4.99 Å². The molecule has 0 spiro atoms. The van der Waals surface area contributed by atoms with Crippen LogP contribution in [0.1, 0.15) is 5.56 Å². The molecule has 0 amide bonds. The molecule has 0 atom stereocenters. The van der Waals surface area contributed by atoms with Gasteiger partial charge in [0.1, 0.15) is 0 Å². The number of pyridine rings is 1. The third kappa shape index (κ3) is 5.47. The molecule has 2 aromatic carbocycles.